The summed E-state index contributed by atoms with van der Waals surface area (Å²) in [6.07, 6.45) is -0.0268. The Morgan fingerprint density at radius 3 is 2.62 bits per heavy atom. The number of hydrogen-bond donors (Lipinski definition) is 2. The van der Waals surface area contributed by atoms with Crippen LogP contribution in [0.3, 0.4) is 0 Å². The van der Waals surface area contributed by atoms with Gasteiger partial charge >= 0.3 is 6.18 Å². The van der Waals surface area contributed by atoms with E-state index in [0.29, 0.717) is 42.0 Å². The predicted octanol–water partition coefficient (Wildman–Crippen LogP) is 5.01. The van der Waals surface area contributed by atoms with Gasteiger partial charge in [-0.1, -0.05) is 6.07 Å². The van der Waals surface area contributed by atoms with Crippen molar-refractivity contribution in [3.8, 4) is 11.7 Å². The minimum Gasteiger partial charge on any atom is -0.477 e. The van der Waals surface area contributed by atoms with Crippen molar-refractivity contribution in [2.24, 2.45) is 11.3 Å². The number of carbonyl (C=O) groups is 1. The summed E-state index contributed by atoms with van der Waals surface area (Å²) in [4.78, 5) is 24.8. The van der Waals surface area contributed by atoms with E-state index in [1.54, 1.807) is 25.3 Å². The zero-order valence-corrected chi connectivity index (χ0v) is 26.1. The summed E-state index contributed by atoms with van der Waals surface area (Å²) in [5.74, 6) is 0.654. The number of pyridine rings is 2. The van der Waals surface area contributed by atoms with E-state index in [2.05, 4.69) is 34.0 Å². The van der Waals surface area contributed by atoms with Gasteiger partial charge in [-0.05, 0) is 89.0 Å². The van der Waals surface area contributed by atoms with Crippen LogP contribution in [0.2, 0.25) is 0 Å². The molecule has 1 saturated carbocycles. The molecule has 3 aliphatic rings. The first kappa shape index (κ1) is 31.1. The molecule has 2 N–H and O–H groups in total. The quantitative estimate of drug-likeness (QED) is 0.392. The molecule has 3 aromatic rings. The number of ether oxygens (including phenoxy) is 1. The fourth-order valence-electron chi connectivity index (χ4n) is 6.30. The molecule has 1 aliphatic carbocycles. The van der Waals surface area contributed by atoms with Crippen molar-refractivity contribution in [3.05, 3.63) is 47.7 Å². The maximum absolute atomic E-state index is 13.7. The monoisotopic (exact) mass is 647 g/mol. The van der Waals surface area contributed by atoms with E-state index in [0.717, 1.165) is 19.3 Å². The molecule has 4 bridgehead atoms. The number of amides is 1. The van der Waals surface area contributed by atoms with Crippen LogP contribution in [0.5, 0.6) is 5.88 Å². The van der Waals surface area contributed by atoms with Crippen molar-refractivity contribution in [3.63, 3.8) is 0 Å². The Morgan fingerprint density at radius 1 is 1.11 bits per heavy atom. The molecule has 242 valence electrons. The molecule has 15 heteroatoms. The van der Waals surface area contributed by atoms with Crippen LogP contribution in [-0.2, 0) is 10.0 Å². The smallest absolute Gasteiger partial charge is 0.394 e. The zero-order valence-electron chi connectivity index (χ0n) is 25.3. The van der Waals surface area contributed by atoms with E-state index in [1.807, 2.05) is 4.90 Å². The highest BCUT2D eigenvalue weighted by Crippen LogP contribution is 2.59. The fourth-order valence-corrected chi connectivity index (χ4v) is 7.47. The maximum Gasteiger partial charge on any atom is 0.394 e. The second-order valence-corrected chi connectivity index (χ2v) is 14.4. The van der Waals surface area contributed by atoms with Crippen molar-refractivity contribution in [1.29, 1.82) is 0 Å². The Morgan fingerprint density at radius 2 is 1.89 bits per heavy atom. The highest BCUT2D eigenvalue weighted by molar-refractivity contribution is 7.90. The molecule has 2 aliphatic heterocycles. The molecule has 6 rings (SSSR count). The summed E-state index contributed by atoms with van der Waals surface area (Å²) in [5.41, 5.74) is -1.59. The summed E-state index contributed by atoms with van der Waals surface area (Å²) in [6.45, 7) is 6.83. The molecule has 45 heavy (non-hydrogen) atoms. The van der Waals surface area contributed by atoms with E-state index in [4.69, 9.17) is 9.72 Å². The molecule has 3 aromatic heterocycles. The van der Waals surface area contributed by atoms with E-state index >= 15 is 0 Å². The van der Waals surface area contributed by atoms with Gasteiger partial charge in [-0.15, -0.1) is 5.10 Å². The molecule has 0 aromatic carbocycles. The van der Waals surface area contributed by atoms with Gasteiger partial charge in [-0.2, -0.15) is 21.6 Å². The number of alkyl halides is 3. The van der Waals surface area contributed by atoms with E-state index in [-0.39, 0.29) is 42.3 Å². The number of sulfonamides is 1. The maximum atomic E-state index is 13.7. The van der Waals surface area contributed by atoms with Crippen LogP contribution in [0.4, 0.5) is 24.8 Å². The highest BCUT2D eigenvalue weighted by Gasteiger charge is 2.62. The van der Waals surface area contributed by atoms with Gasteiger partial charge < -0.3 is 15.0 Å². The third-order valence-electron chi connectivity index (χ3n) is 9.03. The minimum atomic E-state index is -4.33. The second kappa shape index (κ2) is 11.2. The van der Waals surface area contributed by atoms with Crippen LogP contribution in [0.1, 0.15) is 68.3 Å². The van der Waals surface area contributed by atoms with Crippen LogP contribution in [-0.4, -0.2) is 65.5 Å². The van der Waals surface area contributed by atoms with E-state index < -0.39 is 33.1 Å². The Kier molecular flexibility index (Phi) is 7.73. The molecular formula is C30H36F3N7O4S. The summed E-state index contributed by atoms with van der Waals surface area (Å²) in [5, 5.41) is 7.31. The molecule has 1 saturated heterocycles. The van der Waals surface area contributed by atoms with Gasteiger partial charge in [0.2, 0.25) is 5.88 Å². The topological polar surface area (TPSA) is 131 Å². The van der Waals surface area contributed by atoms with Crippen molar-refractivity contribution >= 4 is 27.6 Å². The molecule has 0 radical (unpaired) electrons. The molecule has 1 unspecified atom stereocenters. The SMILES string of the molecule is Cc1ccc2nc1S(=O)(=O)NC(=O)c1ccc(-n3ccc(OCCC4(C(F)(F)F)CC4)n3)nc1N1CC(CCCN2)CC1(C)C. The summed E-state index contributed by atoms with van der Waals surface area (Å²) >= 11 is 0. The molecular weight excluding hydrogens is 611 g/mol. The number of hydrogen-bond acceptors (Lipinski definition) is 9. The number of rotatable bonds is 5. The van der Waals surface area contributed by atoms with Crippen LogP contribution in [0, 0.1) is 18.3 Å². The van der Waals surface area contributed by atoms with Gasteiger partial charge in [-0.3, -0.25) is 4.79 Å². The minimum absolute atomic E-state index is 0.0726. The van der Waals surface area contributed by atoms with Gasteiger partial charge in [0.05, 0.1) is 17.6 Å². The van der Waals surface area contributed by atoms with Crippen molar-refractivity contribution in [2.45, 2.75) is 76.0 Å². The van der Waals surface area contributed by atoms with Gasteiger partial charge in [0, 0.05) is 30.9 Å². The lowest BCUT2D eigenvalue weighted by atomic mass is 9.93. The van der Waals surface area contributed by atoms with Crippen LogP contribution >= 0.6 is 0 Å². The van der Waals surface area contributed by atoms with Gasteiger partial charge in [-0.25, -0.2) is 19.4 Å². The molecule has 11 nitrogen and oxygen atoms in total. The molecule has 0 spiro atoms. The number of halogens is 3. The first-order valence-electron chi connectivity index (χ1n) is 15.0. The van der Waals surface area contributed by atoms with Crippen LogP contribution in [0.15, 0.2) is 41.6 Å². The van der Waals surface area contributed by atoms with Crippen molar-refractivity contribution < 1.29 is 31.1 Å². The number of aryl methyl sites for hydroxylation is 1. The number of fused-ring (bicyclic) bond motifs is 6. The molecule has 5 heterocycles. The number of anilines is 2. The average molecular weight is 648 g/mol. The second-order valence-electron chi connectivity index (χ2n) is 12.8. The highest BCUT2D eigenvalue weighted by atomic mass is 32.2. The molecule has 1 amide bonds. The first-order valence-corrected chi connectivity index (χ1v) is 16.5. The standard InChI is InChI=1S/C30H36F3N7O4S/c1-19-6-8-22-34-14-4-5-20-17-28(2,3)39(18-20)25-21(26(41)38-45(42,43)27(19)35-22)7-9-23(36-25)40-15-10-24(37-40)44-16-13-29(11-12-29)30(31,32)33/h6-10,15,20H,4-5,11-14,16-18H2,1-3H3,(H,34,35)(H,38,41). The summed E-state index contributed by atoms with van der Waals surface area (Å²) in [6, 6.07) is 7.94. The van der Waals surface area contributed by atoms with Crippen LogP contribution in [0.25, 0.3) is 5.82 Å². The van der Waals surface area contributed by atoms with Crippen molar-refractivity contribution in [1.82, 2.24) is 24.5 Å². The van der Waals surface area contributed by atoms with Crippen molar-refractivity contribution in [2.75, 3.05) is 29.9 Å². The zero-order chi connectivity index (χ0) is 32.2. The lowest BCUT2D eigenvalue weighted by Crippen LogP contribution is -2.41. The fraction of sp³-hybridized carbons (Fsp3) is 0.533. The lowest BCUT2D eigenvalue weighted by molar-refractivity contribution is -0.190. The Labute approximate surface area is 259 Å². The molecule has 2 fully saturated rings. The number of aromatic nitrogens is 4. The first-order chi connectivity index (χ1) is 21.2. The van der Waals surface area contributed by atoms with E-state index in [9.17, 15) is 26.4 Å². The Hall–Kier alpha value is -3.88. The Balaban J connectivity index is 1.31. The number of nitrogens with zero attached hydrogens (tertiary/aromatic N) is 5. The Bertz CT molecular complexity index is 1720. The normalized spacial score (nSPS) is 22.0. The number of nitrogens with one attached hydrogen (secondary N) is 2. The molecule has 1 atom stereocenters. The summed E-state index contributed by atoms with van der Waals surface area (Å²) < 4.78 is 75.8. The number of carbonyl (C=O) groups excluding carboxylic acids is 1. The van der Waals surface area contributed by atoms with Gasteiger partial charge in [0.1, 0.15) is 11.6 Å². The third kappa shape index (κ3) is 6.18. The van der Waals surface area contributed by atoms with E-state index in [1.165, 1.54) is 22.9 Å². The average Bonchev–Trinajstić information content (AvgIpc) is 3.51. The van der Waals surface area contributed by atoms with Gasteiger partial charge in [0.25, 0.3) is 15.9 Å². The van der Waals surface area contributed by atoms with Crippen LogP contribution < -0.4 is 19.7 Å². The predicted molar refractivity (Wildman–Crippen MR) is 160 cm³/mol. The third-order valence-corrected chi connectivity index (χ3v) is 10.4. The summed E-state index contributed by atoms with van der Waals surface area (Å²) in [7, 11) is -4.33. The largest absolute Gasteiger partial charge is 0.477 e. The lowest BCUT2D eigenvalue weighted by Gasteiger charge is -2.34. The van der Waals surface area contributed by atoms with Gasteiger partial charge in [0.15, 0.2) is 10.8 Å².